The molecular formula is C40H64N6O11. The number of imide groups is 1. The van der Waals surface area contributed by atoms with Crippen molar-refractivity contribution in [3.05, 3.63) is 35.9 Å². The van der Waals surface area contributed by atoms with Crippen molar-refractivity contribution in [1.82, 2.24) is 26.2 Å². The summed E-state index contributed by atoms with van der Waals surface area (Å²) in [6.07, 6.45) is -0.975. The minimum atomic E-state index is -1.52. The summed E-state index contributed by atoms with van der Waals surface area (Å²) in [5.74, 6) is -6.40. The molecule has 0 bridgehead atoms. The smallest absolute Gasteiger partial charge is 0.417 e. The SMILES string of the molecule is COC(=O)[C@@H](NC(=O)[C@@H](NC(=O)C1CCCC1C(O)C(Cc1ccccc1)NC(=O)[C@H](C)N(C(=O)OC(C)(C)C)C(=O)[C@H](C)NC(=O)[C@@H](N)CO)C(C)C)C(C)C. The quantitative estimate of drug-likeness (QED) is 0.102. The molecule has 0 aliphatic heterocycles. The highest BCUT2D eigenvalue weighted by Crippen LogP contribution is 2.36. The highest BCUT2D eigenvalue weighted by Gasteiger charge is 2.44. The fourth-order valence-electron chi connectivity index (χ4n) is 6.65. The predicted molar refractivity (Wildman–Crippen MR) is 210 cm³/mol. The normalized spacial score (nSPS) is 19.2. The molecule has 2 rings (SSSR count). The number of methoxy groups -OCH3 is 1. The van der Waals surface area contributed by atoms with Crippen molar-refractivity contribution in [2.45, 2.75) is 136 Å². The van der Waals surface area contributed by atoms with Gasteiger partial charge in [-0.25, -0.2) is 14.5 Å². The summed E-state index contributed by atoms with van der Waals surface area (Å²) in [6.45, 7) is 13.6. The van der Waals surface area contributed by atoms with E-state index >= 15 is 0 Å². The number of esters is 1. The first kappa shape index (κ1) is 48.5. The molecule has 0 saturated heterocycles. The van der Waals surface area contributed by atoms with Crippen LogP contribution in [-0.2, 0) is 44.7 Å². The number of hydrogen-bond donors (Lipinski definition) is 7. The Hall–Kier alpha value is -4.61. The predicted octanol–water partition coefficient (Wildman–Crippen LogP) is 0.922. The van der Waals surface area contributed by atoms with Gasteiger partial charge in [-0.3, -0.25) is 24.0 Å². The van der Waals surface area contributed by atoms with Gasteiger partial charge in [0, 0.05) is 5.92 Å². The van der Waals surface area contributed by atoms with Crippen molar-refractivity contribution in [2.24, 2.45) is 29.4 Å². The molecule has 0 aromatic heterocycles. The standard InChI is InChI=1S/C40H64N6O11/c1-21(2)30(36(52)45-31(22(3)4)38(54)56-10)44-34(50)27-18-14-17-26(27)32(48)29(19-25-15-12-11-13-16-25)43-33(49)24(6)46(39(55)57-40(7,8)9)37(53)23(5)42-35(51)28(41)20-47/h11-13,15-16,21-24,26-32,47-48H,14,17-20,41H2,1-10H3,(H,42,51)(H,43,49)(H,44,50)(H,45,52)/t23-,24-,26?,27?,28-,29?,30-,31-,32?/m0/s1. The van der Waals surface area contributed by atoms with Crippen LogP contribution in [0.15, 0.2) is 30.3 Å². The highest BCUT2D eigenvalue weighted by atomic mass is 16.6. The number of carbonyl (C=O) groups excluding carboxylic acids is 7. The zero-order chi connectivity index (χ0) is 43.4. The number of nitrogens with zero attached hydrogens (tertiary/aromatic N) is 1. The Morgan fingerprint density at radius 2 is 1.44 bits per heavy atom. The van der Waals surface area contributed by atoms with Crippen LogP contribution in [0.3, 0.4) is 0 Å². The lowest BCUT2D eigenvalue weighted by Gasteiger charge is -2.35. The molecule has 0 radical (unpaired) electrons. The van der Waals surface area contributed by atoms with E-state index in [0.717, 1.165) is 5.56 Å². The van der Waals surface area contributed by atoms with Gasteiger partial charge in [0.2, 0.25) is 23.6 Å². The molecule has 9 atom stereocenters. The minimum absolute atomic E-state index is 0.109. The Morgan fingerprint density at radius 3 is 1.96 bits per heavy atom. The zero-order valence-corrected chi connectivity index (χ0v) is 34.9. The number of aliphatic hydroxyl groups excluding tert-OH is 2. The summed E-state index contributed by atoms with van der Waals surface area (Å²) in [6, 6.07) is 1.81. The lowest BCUT2D eigenvalue weighted by Crippen LogP contribution is -2.60. The van der Waals surface area contributed by atoms with E-state index in [2.05, 4.69) is 21.3 Å². The third-order valence-electron chi connectivity index (χ3n) is 9.91. The number of carbonyl (C=O) groups is 7. The Balaban J connectivity index is 2.42. The van der Waals surface area contributed by atoms with Gasteiger partial charge in [0.1, 0.15) is 35.8 Å². The number of rotatable bonds is 18. The van der Waals surface area contributed by atoms with Gasteiger partial charge in [0.15, 0.2) is 0 Å². The molecule has 1 fully saturated rings. The van der Waals surface area contributed by atoms with Crippen LogP contribution >= 0.6 is 0 Å². The molecule has 320 valence electrons. The van der Waals surface area contributed by atoms with Crippen LogP contribution in [0.4, 0.5) is 4.79 Å². The first-order chi connectivity index (χ1) is 26.5. The molecule has 1 aromatic carbocycles. The number of amides is 6. The number of ether oxygens (including phenoxy) is 2. The van der Waals surface area contributed by atoms with E-state index in [1.807, 2.05) is 0 Å². The average molecular weight is 805 g/mol. The van der Waals surface area contributed by atoms with Crippen molar-refractivity contribution in [2.75, 3.05) is 13.7 Å². The topological polar surface area (TPSA) is 256 Å². The fraction of sp³-hybridized carbons (Fsp3) is 0.675. The Kier molecular flexibility index (Phi) is 18.6. The maximum Gasteiger partial charge on any atom is 0.417 e. The molecular weight excluding hydrogens is 740 g/mol. The highest BCUT2D eigenvalue weighted by molar-refractivity contribution is 6.01. The van der Waals surface area contributed by atoms with Gasteiger partial charge in [-0.05, 0) is 77.2 Å². The Bertz CT molecular complexity index is 1550. The number of nitrogens with two attached hydrogens (primary N) is 1. The van der Waals surface area contributed by atoms with Crippen LogP contribution in [0.25, 0.3) is 0 Å². The molecule has 1 aromatic rings. The molecule has 57 heavy (non-hydrogen) atoms. The summed E-state index contributed by atoms with van der Waals surface area (Å²) >= 11 is 0. The fourth-order valence-corrected chi connectivity index (χ4v) is 6.65. The maximum atomic E-state index is 14.1. The van der Waals surface area contributed by atoms with Crippen molar-refractivity contribution in [3.63, 3.8) is 0 Å². The van der Waals surface area contributed by atoms with Crippen molar-refractivity contribution >= 4 is 41.6 Å². The van der Waals surface area contributed by atoms with Crippen LogP contribution < -0.4 is 27.0 Å². The van der Waals surface area contributed by atoms with E-state index in [1.165, 1.54) is 21.0 Å². The molecule has 1 aliphatic rings. The van der Waals surface area contributed by atoms with Crippen LogP contribution in [0.1, 0.15) is 87.1 Å². The first-order valence-electron chi connectivity index (χ1n) is 19.5. The van der Waals surface area contributed by atoms with E-state index in [1.54, 1.807) is 78.8 Å². The molecule has 1 aliphatic carbocycles. The van der Waals surface area contributed by atoms with Crippen molar-refractivity contribution in [3.8, 4) is 0 Å². The van der Waals surface area contributed by atoms with Gasteiger partial charge >= 0.3 is 12.1 Å². The van der Waals surface area contributed by atoms with Crippen molar-refractivity contribution in [1.29, 1.82) is 0 Å². The van der Waals surface area contributed by atoms with Gasteiger partial charge < -0.3 is 46.7 Å². The number of nitrogens with one attached hydrogen (secondary N) is 4. The molecule has 0 spiro atoms. The van der Waals surface area contributed by atoms with Gasteiger partial charge in [0.05, 0.1) is 25.9 Å². The molecule has 8 N–H and O–H groups in total. The van der Waals surface area contributed by atoms with E-state index in [9.17, 15) is 43.8 Å². The molecule has 6 amide bonds. The van der Waals surface area contributed by atoms with E-state index < -0.39 is 108 Å². The summed E-state index contributed by atoms with van der Waals surface area (Å²) in [7, 11) is 1.22. The Morgan fingerprint density at radius 1 is 0.842 bits per heavy atom. The van der Waals surface area contributed by atoms with Crippen LogP contribution in [0.5, 0.6) is 0 Å². The van der Waals surface area contributed by atoms with Crippen LogP contribution in [-0.4, -0.2) is 118 Å². The van der Waals surface area contributed by atoms with Gasteiger partial charge in [-0.1, -0.05) is 64.4 Å². The van der Waals surface area contributed by atoms with E-state index in [4.69, 9.17) is 15.2 Å². The monoisotopic (exact) mass is 804 g/mol. The van der Waals surface area contributed by atoms with Crippen LogP contribution in [0.2, 0.25) is 0 Å². The maximum absolute atomic E-state index is 14.1. The summed E-state index contributed by atoms with van der Waals surface area (Å²) in [5.41, 5.74) is 5.25. The molecule has 4 unspecified atom stereocenters. The lowest BCUT2D eigenvalue weighted by molar-refractivity contribution is -0.147. The number of benzene rings is 1. The van der Waals surface area contributed by atoms with E-state index in [0.29, 0.717) is 24.2 Å². The summed E-state index contributed by atoms with van der Waals surface area (Å²) in [5, 5.41) is 32.0. The summed E-state index contributed by atoms with van der Waals surface area (Å²) < 4.78 is 10.3. The van der Waals surface area contributed by atoms with E-state index in [-0.39, 0.29) is 18.3 Å². The van der Waals surface area contributed by atoms with Gasteiger partial charge in [-0.15, -0.1) is 0 Å². The molecule has 0 heterocycles. The second-order valence-electron chi connectivity index (χ2n) is 16.4. The third kappa shape index (κ3) is 14.1. The zero-order valence-electron chi connectivity index (χ0n) is 34.9. The largest absolute Gasteiger partial charge is 0.467 e. The van der Waals surface area contributed by atoms with Crippen molar-refractivity contribution < 1.29 is 53.2 Å². The summed E-state index contributed by atoms with van der Waals surface area (Å²) in [4.78, 5) is 93.9. The minimum Gasteiger partial charge on any atom is -0.467 e. The second kappa shape index (κ2) is 21.8. The van der Waals surface area contributed by atoms with Gasteiger partial charge in [0.25, 0.3) is 5.91 Å². The molecule has 1 saturated carbocycles. The third-order valence-corrected chi connectivity index (χ3v) is 9.91. The first-order valence-corrected chi connectivity index (χ1v) is 19.5. The van der Waals surface area contributed by atoms with Crippen LogP contribution in [0, 0.1) is 23.7 Å². The molecule has 17 heteroatoms. The Labute approximate surface area is 335 Å². The molecule has 17 nitrogen and oxygen atoms in total. The number of hydrogen-bond acceptors (Lipinski definition) is 12. The second-order valence-corrected chi connectivity index (χ2v) is 16.4. The number of aliphatic hydroxyl groups is 2. The van der Waals surface area contributed by atoms with Gasteiger partial charge in [-0.2, -0.15) is 0 Å². The average Bonchev–Trinajstić information content (AvgIpc) is 3.64. The lowest BCUT2D eigenvalue weighted by atomic mass is 9.84.